The minimum Gasteiger partial charge on any atom is -0.467 e. The maximum Gasteiger partial charge on any atom is 0.328 e. The second-order valence-corrected chi connectivity index (χ2v) is 6.45. The van der Waals surface area contributed by atoms with Crippen LogP contribution in [0.3, 0.4) is 0 Å². The molecule has 5 nitrogen and oxygen atoms in total. The van der Waals surface area contributed by atoms with Crippen molar-refractivity contribution in [3.63, 3.8) is 0 Å². The van der Waals surface area contributed by atoms with Crippen LogP contribution in [0.25, 0.3) is 0 Å². The number of benzene rings is 2. The lowest BCUT2D eigenvalue weighted by molar-refractivity contribution is -0.145. The Bertz CT molecular complexity index is 795. The zero-order chi connectivity index (χ0) is 18.5. The lowest BCUT2D eigenvalue weighted by Crippen LogP contribution is -2.43. The van der Waals surface area contributed by atoms with Gasteiger partial charge in [-0.15, -0.1) is 0 Å². The molecule has 1 saturated carbocycles. The van der Waals surface area contributed by atoms with Gasteiger partial charge in [-0.25, -0.2) is 4.79 Å². The number of carbonyl (C=O) groups is 3. The van der Waals surface area contributed by atoms with E-state index in [0.29, 0.717) is 17.5 Å². The van der Waals surface area contributed by atoms with Crippen LogP contribution < -0.4 is 5.32 Å². The van der Waals surface area contributed by atoms with Gasteiger partial charge in [0, 0.05) is 23.5 Å². The van der Waals surface area contributed by atoms with E-state index in [4.69, 9.17) is 4.74 Å². The number of esters is 1. The van der Waals surface area contributed by atoms with Gasteiger partial charge in [0.25, 0.3) is 0 Å². The minimum atomic E-state index is -0.719. The molecule has 0 spiro atoms. The Hall–Kier alpha value is -2.95. The molecule has 1 N–H and O–H groups in total. The molecule has 2 aromatic rings. The van der Waals surface area contributed by atoms with Gasteiger partial charge in [-0.05, 0) is 18.4 Å². The SMILES string of the molecule is COC(=O)[C@@H](Cc1ccc(C(=O)c2ccccc2)cc1)NC(=O)C1CC1. The topological polar surface area (TPSA) is 72.5 Å². The van der Waals surface area contributed by atoms with Gasteiger partial charge in [0.1, 0.15) is 6.04 Å². The zero-order valence-corrected chi connectivity index (χ0v) is 14.6. The van der Waals surface area contributed by atoms with Crippen LogP contribution in [-0.2, 0) is 20.7 Å². The van der Waals surface area contributed by atoms with E-state index in [1.54, 1.807) is 36.4 Å². The number of hydrogen-bond donors (Lipinski definition) is 1. The molecule has 0 aliphatic heterocycles. The van der Waals surface area contributed by atoms with Crippen LogP contribution in [0.2, 0.25) is 0 Å². The Morgan fingerprint density at radius 3 is 2.19 bits per heavy atom. The zero-order valence-electron chi connectivity index (χ0n) is 14.6. The van der Waals surface area contributed by atoms with Crippen molar-refractivity contribution in [3.8, 4) is 0 Å². The van der Waals surface area contributed by atoms with Gasteiger partial charge < -0.3 is 10.1 Å². The molecular weight excluding hydrogens is 330 g/mol. The number of methoxy groups -OCH3 is 1. The summed E-state index contributed by atoms with van der Waals surface area (Å²) in [6.45, 7) is 0. The van der Waals surface area contributed by atoms with Gasteiger partial charge in [-0.3, -0.25) is 9.59 Å². The van der Waals surface area contributed by atoms with Crippen LogP contribution in [-0.4, -0.2) is 30.8 Å². The Labute approximate surface area is 152 Å². The number of hydrogen-bond acceptors (Lipinski definition) is 4. The molecule has 0 radical (unpaired) electrons. The monoisotopic (exact) mass is 351 g/mol. The highest BCUT2D eigenvalue weighted by molar-refractivity contribution is 6.08. The van der Waals surface area contributed by atoms with Gasteiger partial charge in [0.15, 0.2) is 5.78 Å². The fourth-order valence-electron chi connectivity index (χ4n) is 2.75. The van der Waals surface area contributed by atoms with E-state index < -0.39 is 12.0 Å². The molecule has 26 heavy (non-hydrogen) atoms. The first-order valence-electron chi connectivity index (χ1n) is 8.65. The predicted molar refractivity (Wildman–Crippen MR) is 96.7 cm³/mol. The molecule has 2 aromatic carbocycles. The van der Waals surface area contributed by atoms with Crippen molar-refractivity contribution in [2.45, 2.75) is 25.3 Å². The lowest BCUT2D eigenvalue weighted by atomic mass is 9.99. The highest BCUT2D eigenvalue weighted by atomic mass is 16.5. The summed E-state index contributed by atoms with van der Waals surface area (Å²) in [5.74, 6) is -0.601. The van der Waals surface area contributed by atoms with E-state index >= 15 is 0 Å². The summed E-state index contributed by atoms with van der Waals surface area (Å²) in [5.41, 5.74) is 2.06. The summed E-state index contributed by atoms with van der Waals surface area (Å²) in [6, 6.07) is 15.4. The standard InChI is InChI=1S/C21H21NO4/c1-26-21(25)18(22-20(24)17-11-12-17)13-14-7-9-16(10-8-14)19(23)15-5-3-2-4-6-15/h2-10,17-18H,11-13H2,1H3,(H,22,24)/t18-/m1/s1. The smallest absolute Gasteiger partial charge is 0.328 e. The molecule has 0 bridgehead atoms. The molecule has 0 heterocycles. The molecule has 5 heteroatoms. The number of amides is 1. The minimum absolute atomic E-state index is 0.0213. The molecule has 1 fully saturated rings. The Morgan fingerprint density at radius 1 is 1.00 bits per heavy atom. The van der Waals surface area contributed by atoms with Crippen LogP contribution in [0, 0.1) is 5.92 Å². The number of nitrogens with one attached hydrogen (secondary N) is 1. The van der Waals surface area contributed by atoms with Gasteiger partial charge in [0.2, 0.25) is 5.91 Å². The summed E-state index contributed by atoms with van der Waals surface area (Å²) in [6.07, 6.45) is 2.07. The highest BCUT2D eigenvalue weighted by Gasteiger charge is 2.33. The van der Waals surface area contributed by atoms with E-state index in [-0.39, 0.29) is 17.6 Å². The summed E-state index contributed by atoms with van der Waals surface area (Å²) in [4.78, 5) is 36.4. The van der Waals surface area contributed by atoms with Crippen LogP contribution >= 0.6 is 0 Å². The van der Waals surface area contributed by atoms with Crippen LogP contribution in [0.4, 0.5) is 0 Å². The highest BCUT2D eigenvalue weighted by Crippen LogP contribution is 2.29. The van der Waals surface area contributed by atoms with E-state index in [1.165, 1.54) is 7.11 Å². The first-order chi connectivity index (χ1) is 12.6. The Balaban J connectivity index is 1.69. The molecule has 3 rings (SSSR count). The lowest BCUT2D eigenvalue weighted by Gasteiger charge is -2.16. The normalized spacial score (nSPS) is 14.3. The van der Waals surface area contributed by atoms with Crippen LogP contribution in [0.15, 0.2) is 54.6 Å². The first-order valence-corrected chi connectivity index (χ1v) is 8.65. The third-order valence-corrected chi connectivity index (χ3v) is 4.44. The average molecular weight is 351 g/mol. The van der Waals surface area contributed by atoms with Gasteiger partial charge >= 0.3 is 5.97 Å². The van der Waals surface area contributed by atoms with E-state index in [0.717, 1.165) is 18.4 Å². The molecule has 134 valence electrons. The molecule has 0 saturated heterocycles. The Morgan fingerprint density at radius 2 is 1.62 bits per heavy atom. The van der Waals surface area contributed by atoms with Crippen molar-refractivity contribution in [1.82, 2.24) is 5.32 Å². The fourth-order valence-corrected chi connectivity index (χ4v) is 2.75. The number of carbonyl (C=O) groups excluding carboxylic acids is 3. The third kappa shape index (κ3) is 4.36. The molecule has 1 aliphatic rings. The van der Waals surface area contributed by atoms with Crippen molar-refractivity contribution in [2.24, 2.45) is 5.92 Å². The van der Waals surface area contributed by atoms with Crippen molar-refractivity contribution in [2.75, 3.05) is 7.11 Å². The van der Waals surface area contributed by atoms with E-state index in [2.05, 4.69) is 5.32 Å². The summed E-state index contributed by atoms with van der Waals surface area (Å²) in [7, 11) is 1.31. The van der Waals surface area contributed by atoms with Gasteiger partial charge in [-0.2, -0.15) is 0 Å². The molecule has 1 atom stereocenters. The maximum absolute atomic E-state index is 12.4. The largest absolute Gasteiger partial charge is 0.467 e. The molecule has 1 amide bonds. The maximum atomic E-state index is 12.4. The summed E-state index contributed by atoms with van der Waals surface area (Å²) in [5, 5.41) is 2.76. The molecule has 0 unspecified atom stereocenters. The third-order valence-electron chi connectivity index (χ3n) is 4.44. The van der Waals surface area contributed by atoms with Crippen LogP contribution in [0.1, 0.15) is 34.3 Å². The molecule has 1 aliphatic carbocycles. The number of ketones is 1. The number of ether oxygens (including phenoxy) is 1. The molecule has 0 aromatic heterocycles. The van der Waals surface area contributed by atoms with Crippen molar-refractivity contribution < 1.29 is 19.1 Å². The van der Waals surface area contributed by atoms with Crippen molar-refractivity contribution in [3.05, 3.63) is 71.3 Å². The van der Waals surface area contributed by atoms with Crippen molar-refractivity contribution in [1.29, 1.82) is 0 Å². The summed E-state index contributed by atoms with van der Waals surface area (Å²) < 4.78 is 4.80. The summed E-state index contributed by atoms with van der Waals surface area (Å²) >= 11 is 0. The van der Waals surface area contributed by atoms with E-state index in [1.807, 2.05) is 18.2 Å². The molecular formula is C21H21NO4. The average Bonchev–Trinajstić information content (AvgIpc) is 3.53. The predicted octanol–water partition coefficient (Wildman–Crippen LogP) is 2.53. The quantitative estimate of drug-likeness (QED) is 0.615. The fraction of sp³-hybridized carbons (Fsp3) is 0.286. The van der Waals surface area contributed by atoms with Crippen LogP contribution in [0.5, 0.6) is 0 Å². The number of rotatable bonds is 7. The van der Waals surface area contributed by atoms with Crippen molar-refractivity contribution >= 4 is 17.7 Å². The van der Waals surface area contributed by atoms with Gasteiger partial charge in [0.05, 0.1) is 7.11 Å². The Kier molecular flexibility index (Phi) is 5.46. The second kappa shape index (κ2) is 7.95. The second-order valence-electron chi connectivity index (χ2n) is 6.45. The van der Waals surface area contributed by atoms with E-state index in [9.17, 15) is 14.4 Å². The van der Waals surface area contributed by atoms with Gasteiger partial charge in [-0.1, -0.05) is 54.6 Å². The first kappa shape index (κ1) is 17.9.